The van der Waals surface area contributed by atoms with Crippen LogP contribution in [0.25, 0.3) is 0 Å². The van der Waals surface area contributed by atoms with Gasteiger partial charge in [0.2, 0.25) is 0 Å². The monoisotopic (exact) mass is 203 g/mol. The summed E-state index contributed by atoms with van der Waals surface area (Å²) in [6.07, 6.45) is 3.93. The molecule has 1 rings (SSSR count). The first-order chi connectivity index (χ1) is 6.14. The Labute approximate surface area is 83.2 Å². The van der Waals surface area contributed by atoms with Gasteiger partial charge in [-0.2, -0.15) is 11.8 Å². The lowest BCUT2D eigenvalue weighted by molar-refractivity contribution is 0.258. The van der Waals surface area contributed by atoms with Crippen molar-refractivity contribution in [2.75, 3.05) is 26.4 Å². The van der Waals surface area contributed by atoms with Gasteiger partial charge in [-0.05, 0) is 39.2 Å². The molecular weight excluding hydrogens is 186 g/mol. The van der Waals surface area contributed by atoms with Crippen molar-refractivity contribution in [2.45, 2.75) is 17.6 Å². The van der Waals surface area contributed by atoms with Crippen LogP contribution in [0.2, 0.25) is 0 Å². The molecule has 1 saturated heterocycles. The average molecular weight is 203 g/mol. The molecule has 1 fully saturated rings. The molecule has 1 heterocycles. The van der Waals surface area contributed by atoms with E-state index in [9.17, 15) is 0 Å². The third kappa shape index (κ3) is 2.08. The molecule has 0 saturated carbocycles. The minimum Gasteiger partial charge on any atom is -0.409 e. The van der Waals surface area contributed by atoms with Crippen LogP contribution in [-0.2, 0) is 0 Å². The quantitative estimate of drug-likeness (QED) is 0.298. The minimum atomic E-state index is -0.138. The van der Waals surface area contributed by atoms with E-state index in [1.165, 1.54) is 0 Å². The highest BCUT2D eigenvalue weighted by atomic mass is 32.2. The Bertz CT molecular complexity index is 200. The molecule has 76 valence electrons. The SMILES string of the molecule is CSC1(C(N)=NO)CCN(C)CC1. The third-order valence-corrected chi connectivity index (χ3v) is 4.16. The number of piperidine rings is 1. The summed E-state index contributed by atoms with van der Waals surface area (Å²) in [4.78, 5) is 2.26. The maximum Gasteiger partial charge on any atom is 0.155 e. The molecule has 5 heteroatoms. The van der Waals surface area contributed by atoms with Crippen LogP contribution < -0.4 is 5.73 Å². The van der Waals surface area contributed by atoms with Crippen LogP contribution >= 0.6 is 11.8 Å². The zero-order chi connectivity index (χ0) is 9.90. The highest BCUT2D eigenvalue weighted by Gasteiger charge is 2.37. The highest BCUT2D eigenvalue weighted by Crippen LogP contribution is 2.34. The maximum atomic E-state index is 8.69. The standard InChI is InChI=1S/C8H17N3OS/c1-11-5-3-8(13-2,4-6-11)7(9)10-12/h12H,3-6H2,1-2H3,(H2,9,10). The van der Waals surface area contributed by atoms with E-state index in [1.54, 1.807) is 11.8 Å². The summed E-state index contributed by atoms with van der Waals surface area (Å²) in [6.45, 7) is 2.02. The number of hydrogen-bond donors (Lipinski definition) is 2. The number of likely N-dealkylation sites (tertiary alicyclic amines) is 1. The van der Waals surface area contributed by atoms with E-state index in [2.05, 4.69) is 17.1 Å². The van der Waals surface area contributed by atoms with Crippen LogP contribution in [0.1, 0.15) is 12.8 Å². The Kier molecular flexibility index (Phi) is 3.44. The summed E-state index contributed by atoms with van der Waals surface area (Å²) >= 11 is 1.69. The van der Waals surface area contributed by atoms with E-state index < -0.39 is 0 Å². The van der Waals surface area contributed by atoms with Crippen molar-refractivity contribution < 1.29 is 5.21 Å². The zero-order valence-corrected chi connectivity index (χ0v) is 8.97. The van der Waals surface area contributed by atoms with Crippen LogP contribution in [-0.4, -0.2) is 47.1 Å². The van der Waals surface area contributed by atoms with Crippen LogP contribution in [0.4, 0.5) is 0 Å². The van der Waals surface area contributed by atoms with Gasteiger partial charge in [-0.1, -0.05) is 5.16 Å². The number of amidine groups is 1. The van der Waals surface area contributed by atoms with Crippen molar-refractivity contribution in [3.05, 3.63) is 0 Å². The van der Waals surface area contributed by atoms with E-state index >= 15 is 0 Å². The fourth-order valence-corrected chi connectivity index (χ4v) is 2.48. The number of rotatable bonds is 2. The second kappa shape index (κ2) is 4.19. The molecule has 1 aliphatic heterocycles. The molecule has 1 aliphatic rings. The Morgan fingerprint density at radius 2 is 2.08 bits per heavy atom. The van der Waals surface area contributed by atoms with Crippen molar-refractivity contribution in [1.82, 2.24) is 4.90 Å². The number of oxime groups is 1. The van der Waals surface area contributed by atoms with Crippen molar-refractivity contribution in [3.8, 4) is 0 Å². The van der Waals surface area contributed by atoms with Gasteiger partial charge in [-0.15, -0.1) is 0 Å². The predicted octanol–water partition coefficient (Wildman–Crippen LogP) is 0.560. The summed E-state index contributed by atoms with van der Waals surface area (Å²) in [5, 5.41) is 11.8. The first kappa shape index (κ1) is 10.7. The number of nitrogens with two attached hydrogens (primary N) is 1. The fraction of sp³-hybridized carbons (Fsp3) is 0.875. The summed E-state index contributed by atoms with van der Waals surface area (Å²) in [5.41, 5.74) is 5.70. The van der Waals surface area contributed by atoms with Gasteiger partial charge in [0.1, 0.15) is 0 Å². The van der Waals surface area contributed by atoms with Gasteiger partial charge < -0.3 is 15.8 Å². The molecule has 0 atom stereocenters. The Balaban J connectivity index is 2.71. The molecule has 0 spiro atoms. The van der Waals surface area contributed by atoms with Crippen molar-refractivity contribution >= 4 is 17.6 Å². The van der Waals surface area contributed by atoms with E-state index in [0.717, 1.165) is 25.9 Å². The fourth-order valence-electron chi connectivity index (χ4n) is 1.64. The summed E-state index contributed by atoms with van der Waals surface area (Å²) in [7, 11) is 2.09. The molecule has 0 aromatic carbocycles. The van der Waals surface area contributed by atoms with Crippen LogP contribution in [0.5, 0.6) is 0 Å². The van der Waals surface area contributed by atoms with Gasteiger partial charge in [0.15, 0.2) is 5.84 Å². The molecule has 0 bridgehead atoms. The summed E-state index contributed by atoms with van der Waals surface area (Å²) in [6, 6.07) is 0. The normalized spacial score (nSPS) is 24.6. The maximum absolute atomic E-state index is 8.69. The van der Waals surface area contributed by atoms with Gasteiger partial charge in [-0.25, -0.2) is 0 Å². The van der Waals surface area contributed by atoms with E-state index in [4.69, 9.17) is 10.9 Å². The van der Waals surface area contributed by atoms with Crippen LogP contribution in [0.15, 0.2) is 5.16 Å². The number of thioether (sulfide) groups is 1. The first-order valence-corrected chi connectivity index (χ1v) is 5.59. The van der Waals surface area contributed by atoms with E-state index in [1.807, 2.05) is 6.26 Å². The minimum absolute atomic E-state index is 0.138. The molecule has 13 heavy (non-hydrogen) atoms. The summed E-state index contributed by atoms with van der Waals surface area (Å²) < 4.78 is -0.138. The van der Waals surface area contributed by atoms with Crippen molar-refractivity contribution in [1.29, 1.82) is 0 Å². The molecule has 0 aliphatic carbocycles. The summed E-state index contributed by atoms with van der Waals surface area (Å²) in [5.74, 6) is 0.369. The molecule has 0 unspecified atom stereocenters. The molecule has 0 amide bonds. The zero-order valence-electron chi connectivity index (χ0n) is 8.16. The topological polar surface area (TPSA) is 61.9 Å². The van der Waals surface area contributed by atoms with Crippen molar-refractivity contribution in [2.24, 2.45) is 10.9 Å². The Morgan fingerprint density at radius 1 is 1.54 bits per heavy atom. The van der Waals surface area contributed by atoms with Crippen molar-refractivity contribution in [3.63, 3.8) is 0 Å². The van der Waals surface area contributed by atoms with Gasteiger partial charge in [0.25, 0.3) is 0 Å². The highest BCUT2D eigenvalue weighted by molar-refractivity contribution is 8.00. The largest absolute Gasteiger partial charge is 0.409 e. The molecule has 3 N–H and O–H groups in total. The Morgan fingerprint density at radius 3 is 2.46 bits per heavy atom. The first-order valence-electron chi connectivity index (χ1n) is 4.36. The van der Waals surface area contributed by atoms with Gasteiger partial charge in [0.05, 0.1) is 4.75 Å². The lowest BCUT2D eigenvalue weighted by Crippen LogP contribution is -2.49. The van der Waals surface area contributed by atoms with E-state index in [0.29, 0.717) is 5.84 Å². The average Bonchev–Trinajstić information content (AvgIpc) is 2.18. The smallest absolute Gasteiger partial charge is 0.155 e. The van der Waals surface area contributed by atoms with Crippen LogP contribution in [0, 0.1) is 0 Å². The van der Waals surface area contributed by atoms with Crippen LogP contribution in [0.3, 0.4) is 0 Å². The van der Waals surface area contributed by atoms with E-state index in [-0.39, 0.29) is 4.75 Å². The predicted molar refractivity (Wildman–Crippen MR) is 56.4 cm³/mol. The third-order valence-electron chi connectivity index (χ3n) is 2.76. The van der Waals surface area contributed by atoms with Gasteiger partial charge in [0, 0.05) is 0 Å². The number of hydrogen-bond acceptors (Lipinski definition) is 4. The second-order valence-corrected chi connectivity index (χ2v) is 4.68. The second-order valence-electron chi connectivity index (χ2n) is 3.49. The lowest BCUT2D eigenvalue weighted by Gasteiger charge is -2.38. The number of nitrogens with zero attached hydrogens (tertiary/aromatic N) is 2. The molecule has 4 nitrogen and oxygen atoms in total. The molecular formula is C8H17N3OS. The molecule has 0 radical (unpaired) electrons. The lowest BCUT2D eigenvalue weighted by atomic mass is 9.95. The molecule has 0 aromatic rings. The van der Waals surface area contributed by atoms with Gasteiger partial charge >= 0.3 is 0 Å². The Hall–Kier alpha value is -0.420. The van der Waals surface area contributed by atoms with Gasteiger partial charge in [-0.3, -0.25) is 0 Å². The molecule has 0 aromatic heterocycles.